The topological polar surface area (TPSA) is 28.3 Å². The molecule has 140 valence electrons. The molecule has 0 amide bonds. The van der Waals surface area contributed by atoms with Gasteiger partial charge in [0, 0.05) is 35.3 Å². The molecule has 4 aromatic rings. The predicted molar refractivity (Wildman–Crippen MR) is 117 cm³/mol. The molecule has 1 atom stereocenters. The van der Waals surface area contributed by atoms with Gasteiger partial charge in [-0.2, -0.15) is 0 Å². The lowest BCUT2D eigenvalue weighted by atomic mass is 10.1. The average molecular weight is 378 g/mol. The van der Waals surface area contributed by atoms with Gasteiger partial charge in [-0.05, 0) is 43.7 Å². The fourth-order valence-electron chi connectivity index (χ4n) is 4.27. The zero-order chi connectivity index (χ0) is 20.3. The Morgan fingerprint density at radius 3 is 2.48 bits per heavy atom. The molecule has 0 saturated carbocycles. The Kier molecular flexibility index (Phi) is 3.56. The van der Waals surface area contributed by atoms with Gasteiger partial charge in [-0.3, -0.25) is 0 Å². The van der Waals surface area contributed by atoms with Crippen LogP contribution in [0.4, 0.5) is 28.4 Å². The van der Waals surface area contributed by atoms with Crippen molar-refractivity contribution < 1.29 is 4.42 Å². The Bertz CT molecular complexity index is 1390. The third-order valence-corrected chi connectivity index (χ3v) is 5.81. The van der Waals surface area contributed by atoms with E-state index in [9.17, 15) is 0 Å². The third-order valence-electron chi connectivity index (χ3n) is 5.81. The molecule has 0 spiro atoms. The highest BCUT2D eigenvalue weighted by Crippen LogP contribution is 2.52. The van der Waals surface area contributed by atoms with Gasteiger partial charge in [0.2, 0.25) is 5.69 Å². The van der Waals surface area contributed by atoms with Crippen molar-refractivity contribution in [3.05, 3.63) is 76.9 Å². The molecule has 0 bridgehead atoms. The molecule has 0 radical (unpaired) electrons. The van der Waals surface area contributed by atoms with Gasteiger partial charge in [0.05, 0.1) is 18.8 Å². The van der Waals surface area contributed by atoms with Gasteiger partial charge >= 0.3 is 0 Å². The summed E-state index contributed by atoms with van der Waals surface area (Å²) in [4.78, 5) is 11.6. The number of aryl methyl sites for hydroxylation is 1. The van der Waals surface area contributed by atoms with E-state index in [-0.39, 0.29) is 6.17 Å². The van der Waals surface area contributed by atoms with E-state index in [0.717, 1.165) is 44.6 Å². The van der Waals surface area contributed by atoms with Crippen LogP contribution in [0.25, 0.3) is 31.6 Å². The zero-order valence-electron chi connectivity index (χ0n) is 16.4. The minimum absolute atomic E-state index is 0.00649. The second-order valence-electron chi connectivity index (χ2n) is 7.40. The largest absolute Gasteiger partial charge is 0.456 e. The summed E-state index contributed by atoms with van der Waals surface area (Å²) in [5, 5.41) is 2.20. The number of furan rings is 1. The van der Waals surface area contributed by atoms with E-state index in [1.807, 2.05) is 31.3 Å². The number of fused-ring (bicyclic) bond motifs is 4. The molecule has 0 unspecified atom stereocenters. The lowest BCUT2D eigenvalue weighted by Gasteiger charge is -2.29. The normalized spacial score (nSPS) is 15.6. The highest BCUT2D eigenvalue weighted by molar-refractivity contribution is 6.07. The summed E-state index contributed by atoms with van der Waals surface area (Å²) in [5.74, 6) is 0. The smallest absolute Gasteiger partial charge is 0.202 e. The fraction of sp³-hybridized carbons (Fsp3) is 0.167. The Hall–Kier alpha value is -3.96. The van der Waals surface area contributed by atoms with Gasteiger partial charge in [0.25, 0.3) is 0 Å². The highest BCUT2D eigenvalue weighted by atomic mass is 16.3. The van der Waals surface area contributed by atoms with Gasteiger partial charge in [0.1, 0.15) is 17.3 Å². The molecule has 1 aliphatic rings. The van der Waals surface area contributed by atoms with Crippen LogP contribution in [-0.2, 0) is 0 Å². The maximum atomic E-state index is 7.68. The Balaban J connectivity index is 1.78. The molecule has 5 heteroatoms. The van der Waals surface area contributed by atoms with E-state index in [4.69, 9.17) is 17.6 Å². The van der Waals surface area contributed by atoms with Crippen molar-refractivity contribution in [2.75, 3.05) is 16.8 Å². The summed E-state index contributed by atoms with van der Waals surface area (Å²) in [5.41, 5.74) is 6.56. The second-order valence-corrected chi connectivity index (χ2v) is 7.40. The molecule has 3 aromatic carbocycles. The van der Waals surface area contributed by atoms with Crippen LogP contribution in [0, 0.1) is 20.1 Å². The molecular weight excluding hydrogens is 360 g/mol. The van der Waals surface area contributed by atoms with Crippen LogP contribution in [0.2, 0.25) is 0 Å². The number of rotatable bonds is 1. The summed E-state index contributed by atoms with van der Waals surface area (Å²) in [7, 11) is 2.00. The van der Waals surface area contributed by atoms with Gasteiger partial charge < -0.3 is 14.2 Å². The molecular formula is C24H18N4O. The van der Waals surface area contributed by atoms with E-state index < -0.39 is 0 Å². The number of nitrogens with zero attached hydrogens (tertiary/aromatic N) is 4. The molecule has 5 nitrogen and oxygen atoms in total. The molecule has 29 heavy (non-hydrogen) atoms. The van der Waals surface area contributed by atoms with E-state index in [1.54, 1.807) is 6.07 Å². The van der Waals surface area contributed by atoms with Crippen molar-refractivity contribution in [1.82, 2.24) is 0 Å². The second kappa shape index (κ2) is 6.02. The minimum Gasteiger partial charge on any atom is -0.456 e. The van der Waals surface area contributed by atoms with E-state index in [2.05, 4.69) is 51.5 Å². The molecule has 1 aliphatic heterocycles. The molecule has 1 aromatic heterocycles. The van der Waals surface area contributed by atoms with Crippen molar-refractivity contribution in [2.45, 2.75) is 20.0 Å². The van der Waals surface area contributed by atoms with Crippen LogP contribution in [0.1, 0.15) is 12.5 Å². The lowest BCUT2D eigenvalue weighted by Crippen LogP contribution is -2.35. The monoisotopic (exact) mass is 378 g/mol. The molecule has 0 aliphatic carbocycles. The zero-order valence-corrected chi connectivity index (χ0v) is 16.4. The number of anilines is 3. The van der Waals surface area contributed by atoms with Gasteiger partial charge in [-0.1, -0.05) is 18.2 Å². The van der Waals surface area contributed by atoms with Crippen molar-refractivity contribution in [2.24, 2.45) is 0 Å². The van der Waals surface area contributed by atoms with Gasteiger partial charge in [-0.25, -0.2) is 9.69 Å². The number of hydrogen-bond acceptors (Lipinski definition) is 3. The minimum atomic E-state index is 0.00649. The standard InChI is InChI=1S/C24H18N4O/c1-14-10-18-17-8-6-7-9-22(17)29-23(18)13-20(14)28-15(2)27(5)21-12-16(25-3)11-19(26-4)24(21)28/h6-13,15H,1-2,5H3/t15-/m0/s1. The maximum absolute atomic E-state index is 7.68. The highest BCUT2D eigenvalue weighted by Gasteiger charge is 2.35. The van der Waals surface area contributed by atoms with Gasteiger partial charge in [0.15, 0.2) is 5.69 Å². The first-order valence-electron chi connectivity index (χ1n) is 9.40. The Morgan fingerprint density at radius 2 is 1.72 bits per heavy atom. The molecule has 2 heterocycles. The van der Waals surface area contributed by atoms with E-state index in [0.29, 0.717) is 11.4 Å². The van der Waals surface area contributed by atoms with Crippen LogP contribution < -0.4 is 9.80 Å². The molecule has 0 N–H and O–H groups in total. The summed E-state index contributed by atoms with van der Waals surface area (Å²) >= 11 is 0. The SMILES string of the molecule is [C-]#[N+]c1cc([N+]#[C-])c2c(c1)N(C)[C@H](C)N2c1cc2oc3ccccc3c2cc1C. The van der Waals surface area contributed by atoms with Crippen LogP contribution >= 0.6 is 0 Å². The first-order chi connectivity index (χ1) is 14.0. The Morgan fingerprint density at radius 1 is 0.931 bits per heavy atom. The van der Waals surface area contributed by atoms with Crippen molar-refractivity contribution in [3.63, 3.8) is 0 Å². The number of hydrogen-bond donors (Lipinski definition) is 0. The molecule has 5 rings (SSSR count). The molecule has 0 fully saturated rings. The summed E-state index contributed by atoms with van der Waals surface area (Å²) in [6, 6.07) is 15.8. The summed E-state index contributed by atoms with van der Waals surface area (Å²) in [6.07, 6.45) is 0.00649. The number of benzene rings is 3. The predicted octanol–water partition coefficient (Wildman–Crippen LogP) is 6.93. The maximum Gasteiger partial charge on any atom is 0.202 e. The third kappa shape index (κ3) is 2.31. The van der Waals surface area contributed by atoms with Crippen LogP contribution in [0.5, 0.6) is 0 Å². The van der Waals surface area contributed by atoms with Crippen LogP contribution in [0.3, 0.4) is 0 Å². The first-order valence-corrected chi connectivity index (χ1v) is 9.40. The van der Waals surface area contributed by atoms with Crippen molar-refractivity contribution in [3.8, 4) is 0 Å². The first kappa shape index (κ1) is 17.2. The van der Waals surface area contributed by atoms with Crippen LogP contribution in [0.15, 0.2) is 52.9 Å². The summed E-state index contributed by atoms with van der Waals surface area (Å²) < 4.78 is 6.11. The lowest BCUT2D eigenvalue weighted by molar-refractivity contribution is 0.668. The van der Waals surface area contributed by atoms with Gasteiger partial charge in [-0.15, -0.1) is 0 Å². The van der Waals surface area contributed by atoms with E-state index in [1.165, 1.54) is 0 Å². The quantitative estimate of drug-likeness (QED) is 0.336. The fourth-order valence-corrected chi connectivity index (χ4v) is 4.27. The van der Waals surface area contributed by atoms with Crippen molar-refractivity contribution >= 4 is 50.4 Å². The van der Waals surface area contributed by atoms with Crippen LogP contribution in [-0.4, -0.2) is 13.2 Å². The number of para-hydroxylation sites is 1. The summed E-state index contributed by atoms with van der Waals surface area (Å²) in [6.45, 7) is 19.2. The molecule has 0 saturated heterocycles. The van der Waals surface area contributed by atoms with E-state index >= 15 is 0 Å². The Labute approximate surface area is 169 Å². The average Bonchev–Trinajstić information content (AvgIpc) is 3.22. The van der Waals surface area contributed by atoms with Crippen molar-refractivity contribution in [1.29, 1.82) is 0 Å².